The minimum absolute atomic E-state index is 0.227. The fourth-order valence-electron chi connectivity index (χ4n) is 0.669. The molecule has 1 heterocycles. The lowest BCUT2D eigenvalue weighted by Gasteiger charge is -2.04. The van der Waals surface area contributed by atoms with Gasteiger partial charge in [0.25, 0.3) is 5.91 Å². The number of thiophene rings is 1. The van der Waals surface area contributed by atoms with Crippen molar-refractivity contribution in [3.8, 4) is 0 Å². The quantitative estimate of drug-likeness (QED) is 0.647. The smallest absolute Gasteiger partial charge is 0.263 e. The molecule has 0 aromatic carbocycles. The van der Waals surface area contributed by atoms with Crippen LogP contribution in [0.3, 0.4) is 0 Å². The standard InChI is InChI=1S/C7H9NO2S/c1-5(9)8-7(10)6-3-2-4-11-6/h2-5,9H,1H3,(H,8,10). The predicted molar refractivity (Wildman–Crippen MR) is 43.5 cm³/mol. The largest absolute Gasteiger partial charge is 0.374 e. The van der Waals surface area contributed by atoms with Crippen molar-refractivity contribution in [2.75, 3.05) is 0 Å². The Kier molecular flexibility index (Phi) is 2.62. The van der Waals surface area contributed by atoms with E-state index in [1.165, 1.54) is 18.3 Å². The summed E-state index contributed by atoms with van der Waals surface area (Å²) in [4.78, 5) is 11.7. The lowest BCUT2D eigenvalue weighted by Crippen LogP contribution is -2.31. The summed E-state index contributed by atoms with van der Waals surface area (Å²) in [7, 11) is 0. The van der Waals surface area contributed by atoms with Gasteiger partial charge in [0.1, 0.15) is 6.23 Å². The first-order valence-electron chi connectivity index (χ1n) is 3.22. The molecule has 4 heteroatoms. The van der Waals surface area contributed by atoms with Crippen LogP contribution in [0.5, 0.6) is 0 Å². The first-order chi connectivity index (χ1) is 5.20. The molecule has 0 bridgehead atoms. The number of hydrogen-bond acceptors (Lipinski definition) is 3. The Morgan fingerprint density at radius 3 is 3.00 bits per heavy atom. The van der Waals surface area contributed by atoms with Gasteiger partial charge in [0.15, 0.2) is 0 Å². The van der Waals surface area contributed by atoms with Gasteiger partial charge in [-0.2, -0.15) is 0 Å². The monoisotopic (exact) mass is 171 g/mol. The van der Waals surface area contributed by atoms with Crippen LogP contribution in [0.1, 0.15) is 16.6 Å². The molecule has 0 saturated heterocycles. The second-order valence-corrected chi connectivity index (χ2v) is 3.07. The van der Waals surface area contributed by atoms with Crippen LogP contribution >= 0.6 is 11.3 Å². The summed E-state index contributed by atoms with van der Waals surface area (Å²) in [5.74, 6) is -0.227. The zero-order chi connectivity index (χ0) is 8.27. The Balaban J connectivity index is 2.57. The third-order valence-corrected chi connectivity index (χ3v) is 1.95. The van der Waals surface area contributed by atoms with Gasteiger partial charge in [-0.3, -0.25) is 4.79 Å². The molecule has 1 rings (SSSR count). The number of aliphatic hydroxyl groups excluding tert-OH is 1. The molecule has 1 aromatic heterocycles. The fourth-order valence-corrected chi connectivity index (χ4v) is 1.30. The maximum Gasteiger partial charge on any atom is 0.263 e. The molecule has 1 atom stereocenters. The van der Waals surface area contributed by atoms with Crippen LogP contribution in [0.25, 0.3) is 0 Å². The van der Waals surface area contributed by atoms with E-state index >= 15 is 0 Å². The highest BCUT2D eigenvalue weighted by Gasteiger charge is 2.06. The van der Waals surface area contributed by atoms with E-state index in [0.717, 1.165) is 0 Å². The van der Waals surface area contributed by atoms with E-state index in [0.29, 0.717) is 4.88 Å². The number of aliphatic hydroxyl groups is 1. The summed E-state index contributed by atoms with van der Waals surface area (Å²) in [5.41, 5.74) is 0. The third kappa shape index (κ3) is 2.32. The molecule has 0 aliphatic rings. The van der Waals surface area contributed by atoms with Crippen molar-refractivity contribution >= 4 is 17.2 Å². The Bertz CT molecular complexity index is 231. The molecule has 3 nitrogen and oxygen atoms in total. The average molecular weight is 171 g/mol. The molecule has 2 N–H and O–H groups in total. The molecule has 1 aromatic rings. The summed E-state index contributed by atoms with van der Waals surface area (Å²) in [5, 5.41) is 13.0. The van der Waals surface area contributed by atoms with Crippen molar-refractivity contribution in [1.29, 1.82) is 0 Å². The molecule has 1 amide bonds. The average Bonchev–Trinajstić information content (AvgIpc) is 2.35. The summed E-state index contributed by atoms with van der Waals surface area (Å²) in [6.07, 6.45) is -0.787. The third-order valence-electron chi connectivity index (χ3n) is 1.08. The first kappa shape index (κ1) is 8.23. The molecule has 0 aliphatic heterocycles. The van der Waals surface area contributed by atoms with E-state index in [1.807, 2.05) is 5.38 Å². The van der Waals surface area contributed by atoms with Crippen LogP contribution in [-0.4, -0.2) is 17.2 Å². The van der Waals surface area contributed by atoms with Crippen molar-refractivity contribution in [3.63, 3.8) is 0 Å². The topological polar surface area (TPSA) is 49.3 Å². The highest BCUT2D eigenvalue weighted by molar-refractivity contribution is 7.12. The number of amides is 1. The first-order valence-corrected chi connectivity index (χ1v) is 4.10. The molecular weight excluding hydrogens is 162 g/mol. The second kappa shape index (κ2) is 3.50. The normalized spacial score (nSPS) is 12.5. The van der Waals surface area contributed by atoms with Gasteiger partial charge in [0.2, 0.25) is 0 Å². The van der Waals surface area contributed by atoms with Gasteiger partial charge in [0.05, 0.1) is 4.88 Å². The Morgan fingerprint density at radius 2 is 2.55 bits per heavy atom. The number of rotatable bonds is 2. The summed E-state index contributed by atoms with van der Waals surface area (Å²) >= 11 is 1.35. The van der Waals surface area contributed by atoms with E-state index < -0.39 is 6.23 Å². The fraction of sp³-hybridized carbons (Fsp3) is 0.286. The lowest BCUT2D eigenvalue weighted by atomic mass is 10.4. The number of carbonyl (C=O) groups is 1. The molecule has 11 heavy (non-hydrogen) atoms. The lowest BCUT2D eigenvalue weighted by molar-refractivity contribution is 0.0823. The number of hydrogen-bond donors (Lipinski definition) is 2. The Labute approximate surface area is 68.7 Å². The molecular formula is C7H9NO2S. The van der Waals surface area contributed by atoms with Gasteiger partial charge in [0, 0.05) is 0 Å². The van der Waals surface area contributed by atoms with E-state index in [4.69, 9.17) is 5.11 Å². The van der Waals surface area contributed by atoms with Gasteiger partial charge >= 0.3 is 0 Å². The van der Waals surface area contributed by atoms with Crippen molar-refractivity contribution in [2.24, 2.45) is 0 Å². The summed E-state index contributed by atoms with van der Waals surface area (Å²) in [6.45, 7) is 1.51. The van der Waals surface area contributed by atoms with Gasteiger partial charge < -0.3 is 10.4 Å². The van der Waals surface area contributed by atoms with Crippen LogP contribution in [0.4, 0.5) is 0 Å². The Hall–Kier alpha value is -0.870. The molecule has 60 valence electrons. The van der Waals surface area contributed by atoms with Gasteiger partial charge in [-0.25, -0.2) is 0 Å². The molecule has 1 unspecified atom stereocenters. The van der Waals surface area contributed by atoms with E-state index in [2.05, 4.69) is 5.32 Å². The van der Waals surface area contributed by atoms with Crippen LogP contribution in [0.2, 0.25) is 0 Å². The van der Waals surface area contributed by atoms with Crippen LogP contribution in [0.15, 0.2) is 17.5 Å². The second-order valence-electron chi connectivity index (χ2n) is 2.13. The Morgan fingerprint density at radius 1 is 1.82 bits per heavy atom. The number of carbonyl (C=O) groups excluding carboxylic acids is 1. The van der Waals surface area contributed by atoms with Crippen LogP contribution in [0, 0.1) is 0 Å². The predicted octanol–water partition coefficient (Wildman–Crippen LogP) is 0.816. The van der Waals surface area contributed by atoms with Crippen molar-refractivity contribution in [3.05, 3.63) is 22.4 Å². The van der Waals surface area contributed by atoms with Gasteiger partial charge in [-0.1, -0.05) is 6.07 Å². The summed E-state index contributed by atoms with van der Waals surface area (Å²) < 4.78 is 0. The van der Waals surface area contributed by atoms with E-state index in [9.17, 15) is 4.79 Å². The van der Waals surface area contributed by atoms with Crippen molar-refractivity contribution in [1.82, 2.24) is 5.32 Å². The van der Waals surface area contributed by atoms with Crippen LogP contribution in [-0.2, 0) is 0 Å². The minimum Gasteiger partial charge on any atom is -0.374 e. The van der Waals surface area contributed by atoms with Crippen LogP contribution < -0.4 is 5.32 Å². The van der Waals surface area contributed by atoms with Crippen molar-refractivity contribution < 1.29 is 9.90 Å². The number of nitrogens with one attached hydrogen (secondary N) is 1. The molecule has 0 saturated carbocycles. The van der Waals surface area contributed by atoms with E-state index in [1.54, 1.807) is 12.1 Å². The maximum absolute atomic E-state index is 11.1. The molecule has 0 aliphatic carbocycles. The summed E-state index contributed by atoms with van der Waals surface area (Å²) in [6, 6.07) is 3.50. The van der Waals surface area contributed by atoms with Gasteiger partial charge in [-0.05, 0) is 18.4 Å². The zero-order valence-corrected chi connectivity index (χ0v) is 6.89. The highest BCUT2D eigenvalue weighted by atomic mass is 32.1. The van der Waals surface area contributed by atoms with E-state index in [-0.39, 0.29) is 5.91 Å². The molecule has 0 spiro atoms. The maximum atomic E-state index is 11.1. The van der Waals surface area contributed by atoms with Gasteiger partial charge in [-0.15, -0.1) is 11.3 Å². The zero-order valence-electron chi connectivity index (χ0n) is 6.07. The SMILES string of the molecule is CC(O)NC(=O)c1cccs1. The van der Waals surface area contributed by atoms with Crippen molar-refractivity contribution in [2.45, 2.75) is 13.2 Å². The molecule has 0 radical (unpaired) electrons. The molecule has 0 fully saturated rings. The minimum atomic E-state index is -0.787. The highest BCUT2D eigenvalue weighted by Crippen LogP contribution is 2.07.